The lowest BCUT2D eigenvalue weighted by molar-refractivity contribution is -0.123. The molecule has 0 radical (unpaired) electrons. The van der Waals surface area contributed by atoms with Gasteiger partial charge in [-0.3, -0.25) is 4.79 Å². The topological polar surface area (TPSA) is 50.4 Å². The van der Waals surface area contributed by atoms with E-state index in [-0.39, 0.29) is 11.8 Å². The van der Waals surface area contributed by atoms with Gasteiger partial charge in [0, 0.05) is 17.1 Å². The molecule has 3 aliphatic rings. The van der Waals surface area contributed by atoms with E-state index < -0.39 is 0 Å². The molecule has 1 saturated carbocycles. The molecule has 2 aliphatic heterocycles. The van der Waals surface area contributed by atoms with E-state index in [1.165, 1.54) is 19.3 Å². The zero-order valence-electron chi connectivity index (χ0n) is 12.2. The fourth-order valence-electron chi connectivity index (χ4n) is 3.95. The van der Waals surface area contributed by atoms with E-state index >= 15 is 0 Å². The molecule has 1 aromatic rings. The van der Waals surface area contributed by atoms with Crippen LogP contribution in [0.3, 0.4) is 0 Å². The summed E-state index contributed by atoms with van der Waals surface area (Å²) < 4.78 is 5.62. The predicted molar refractivity (Wildman–Crippen MR) is 80.4 cm³/mol. The highest BCUT2D eigenvalue weighted by Crippen LogP contribution is 2.39. The normalized spacial score (nSPS) is 29.3. The summed E-state index contributed by atoms with van der Waals surface area (Å²) in [5, 5.41) is 6.91. The number of nitrogens with one attached hydrogen (secondary N) is 2. The average Bonchev–Trinajstić information content (AvgIpc) is 2.90. The molecule has 21 heavy (non-hydrogen) atoms. The average molecular weight is 286 g/mol. The molecule has 2 N–H and O–H groups in total. The number of ether oxygens (including phenoxy) is 1. The van der Waals surface area contributed by atoms with Crippen LogP contribution in [0.4, 0.5) is 0 Å². The van der Waals surface area contributed by atoms with Crippen molar-refractivity contribution in [1.82, 2.24) is 10.6 Å². The van der Waals surface area contributed by atoms with Gasteiger partial charge >= 0.3 is 0 Å². The van der Waals surface area contributed by atoms with Crippen molar-refractivity contribution in [3.63, 3.8) is 0 Å². The minimum absolute atomic E-state index is 0.126. The summed E-state index contributed by atoms with van der Waals surface area (Å²) in [5.41, 5.74) is 1.35. The quantitative estimate of drug-likeness (QED) is 0.874. The fourth-order valence-corrected chi connectivity index (χ4v) is 3.95. The van der Waals surface area contributed by atoms with Gasteiger partial charge in [0.15, 0.2) is 0 Å². The summed E-state index contributed by atoms with van der Waals surface area (Å²) in [6.45, 7) is 1.49. The highest BCUT2D eigenvalue weighted by atomic mass is 16.5. The second kappa shape index (κ2) is 5.02. The van der Waals surface area contributed by atoms with Crippen molar-refractivity contribution in [1.29, 1.82) is 0 Å². The number of carbonyl (C=O) groups excluding carboxylic acids is 1. The minimum Gasteiger partial charge on any atom is -0.492 e. The number of piperidine rings is 1. The Morgan fingerprint density at radius 1 is 1.33 bits per heavy atom. The molecule has 1 amide bonds. The van der Waals surface area contributed by atoms with Gasteiger partial charge in [-0.1, -0.05) is 18.2 Å². The maximum atomic E-state index is 12.6. The molecule has 0 bridgehead atoms. The molecular formula is C17H22N2O2. The second-order valence-electron chi connectivity index (χ2n) is 6.66. The highest BCUT2D eigenvalue weighted by Gasteiger charge is 2.42. The van der Waals surface area contributed by atoms with E-state index in [4.69, 9.17) is 4.74 Å². The van der Waals surface area contributed by atoms with Gasteiger partial charge in [-0.05, 0) is 44.7 Å². The first-order valence-corrected chi connectivity index (χ1v) is 8.03. The van der Waals surface area contributed by atoms with Crippen LogP contribution in [0, 0.1) is 0 Å². The van der Waals surface area contributed by atoms with Crippen LogP contribution in [0.2, 0.25) is 0 Å². The fraction of sp³-hybridized carbons (Fsp3) is 0.588. The van der Waals surface area contributed by atoms with Crippen LogP contribution in [-0.2, 0) is 4.79 Å². The Balaban J connectivity index is 1.42. The smallest absolute Gasteiger partial charge is 0.231 e. The Morgan fingerprint density at radius 2 is 2.19 bits per heavy atom. The molecule has 2 fully saturated rings. The Labute approximate surface area is 125 Å². The van der Waals surface area contributed by atoms with Crippen LogP contribution in [-0.4, -0.2) is 30.6 Å². The maximum Gasteiger partial charge on any atom is 0.231 e. The van der Waals surface area contributed by atoms with Gasteiger partial charge in [-0.15, -0.1) is 0 Å². The maximum absolute atomic E-state index is 12.6. The summed E-state index contributed by atoms with van der Waals surface area (Å²) in [6, 6.07) is 8.18. The molecule has 4 heteroatoms. The Hall–Kier alpha value is -1.55. The summed E-state index contributed by atoms with van der Waals surface area (Å²) in [4.78, 5) is 12.6. The van der Waals surface area contributed by atoms with Gasteiger partial charge in [0.25, 0.3) is 0 Å². The first kappa shape index (κ1) is 13.1. The van der Waals surface area contributed by atoms with Crippen LogP contribution in [0.15, 0.2) is 24.3 Å². The van der Waals surface area contributed by atoms with Crippen LogP contribution < -0.4 is 15.4 Å². The highest BCUT2D eigenvalue weighted by molar-refractivity contribution is 5.85. The van der Waals surface area contributed by atoms with E-state index in [2.05, 4.69) is 10.6 Å². The van der Waals surface area contributed by atoms with E-state index in [9.17, 15) is 4.79 Å². The van der Waals surface area contributed by atoms with Gasteiger partial charge < -0.3 is 15.4 Å². The second-order valence-corrected chi connectivity index (χ2v) is 6.66. The monoisotopic (exact) mass is 286 g/mol. The first-order chi connectivity index (χ1) is 10.3. The molecule has 4 nitrogen and oxygen atoms in total. The van der Waals surface area contributed by atoms with Crippen LogP contribution in [0.5, 0.6) is 5.75 Å². The largest absolute Gasteiger partial charge is 0.492 e. The molecule has 2 heterocycles. The summed E-state index contributed by atoms with van der Waals surface area (Å²) in [7, 11) is 0. The van der Waals surface area contributed by atoms with E-state index in [1.807, 2.05) is 24.3 Å². The lowest BCUT2D eigenvalue weighted by Crippen LogP contribution is -2.60. The lowest BCUT2D eigenvalue weighted by Gasteiger charge is -2.48. The number of amides is 1. The molecule has 2 unspecified atom stereocenters. The van der Waals surface area contributed by atoms with Crippen molar-refractivity contribution in [3.8, 4) is 5.75 Å². The van der Waals surface area contributed by atoms with Crippen molar-refractivity contribution in [2.75, 3.05) is 13.2 Å². The van der Waals surface area contributed by atoms with Crippen molar-refractivity contribution in [2.24, 2.45) is 0 Å². The Morgan fingerprint density at radius 3 is 3.00 bits per heavy atom. The zero-order chi connectivity index (χ0) is 14.3. The molecule has 0 aromatic heterocycles. The van der Waals surface area contributed by atoms with Crippen LogP contribution in [0.1, 0.15) is 43.6 Å². The van der Waals surface area contributed by atoms with Crippen molar-refractivity contribution >= 4 is 5.91 Å². The van der Waals surface area contributed by atoms with Gasteiger partial charge in [0.1, 0.15) is 18.3 Å². The van der Waals surface area contributed by atoms with E-state index in [1.54, 1.807) is 0 Å². The Kier molecular flexibility index (Phi) is 3.14. The van der Waals surface area contributed by atoms with Gasteiger partial charge in [-0.25, -0.2) is 0 Å². The molecule has 1 aliphatic carbocycles. The van der Waals surface area contributed by atoms with Gasteiger partial charge in [0.2, 0.25) is 5.91 Å². The standard InChI is InChI=1S/C17H22N2O2/c20-16(14-11-21-15-5-2-1-4-13(14)15)19-12-6-9-18-17(10-12)7-3-8-17/h1-2,4-5,12,14,18H,3,6-11H2,(H,19,20). The third-order valence-electron chi connectivity index (χ3n) is 5.30. The van der Waals surface area contributed by atoms with Crippen molar-refractivity contribution in [2.45, 2.75) is 49.6 Å². The number of hydrogen-bond acceptors (Lipinski definition) is 3. The summed E-state index contributed by atoms with van der Waals surface area (Å²) in [6.07, 6.45) is 5.94. The number of fused-ring (bicyclic) bond motifs is 1. The predicted octanol–water partition coefficient (Wildman–Crippen LogP) is 1.95. The molecule has 1 spiro atoms. The SMILES string of the molecule is O=C(NC1CCNC2(CCC2)C1)C1COc2ccccc21. The van der Waals surface area contributed by atoms with E-state index in [0.29, 0.717) is 18.2 Å². The number of carbonyl (C=O) groups is 1. The molecule has 1 saturated heterocycles. The first-order valence-electron chi connectivity index (χ1n) is 8.03. The lowest BCUT2D eigenvalue weighted by atomic mass is 9.70. The van der Waals surface area contributed by atoms with Gasteiger partial charge in [-0.2, -0.15) is 0 Å². The Bertz CT molecular complexity index is 553. The number of rotatable bonds is 2. The number of para-hydroxylation sites is 1. The van der Waals surface area contributed by atoms with Gasteiger partial charge in [0.05, 0.1) is 0 Å². The molecule has 2 atom stereocenters. The zero-order valence-corrected chi connectivity index (χ0v) is 12.2. The third-order valence-corrected chi connectivity index (χ3v) is 5.30. The minimum atomic E-state index is -0.145. The number of hydrogen-bond donors (Lipinski definition) is 2. The molecule has 112 valence electrons. The van der Waals surface area contributed by atoms with E-state index in [0.717, 1.165) is 30.7 Å². The van der Waals surface area contributed by atoms with Crippen LogP contribution >= 0.6 is 0 Å². The molecular weight excluding hydrogens is 264 g/mol. The van der Waals surface area contributed by atoms with Crippen molar-refractivity contribution < 1.29 is 9.53 Å². The summed E-state index contributed by atoms with van der Waals surface area (Å²) >= 11 is 0. The summed E-state index contributed by atoms with van der Waals surface area (Å²) in [5.74, 6) is 0.841. The molecule has 4 rings (SSSR count). The number of benzene rings is 1. The van der Waals surface area contributed by atoms with Crippen molar-refractivity contribution in [3.05, 3.63) is 29.8 Å². The molecule has 1 aromatic carbocycles. The third kappa shape index (κ3) is 2.31. The van der Waals surface area contributed by atoms with Crippen LogP contribution in [0.25, 0.3) is 0 Å².